The van der Waals surface area contributed by atoms with Crippen LogP contribution >= 0.6 is 11.3 Å². The number of thiazole rings is 1. The molecule has 0 aliphatic rings. The average molecular weight is 357 g/mol. The maximum atomic E-state index is 11.9. The minimum absolute atomic E-state index is 0.00403. The van der Waals surface area contributed by atoms with E-state index in [4.69, 9.17) is 5.73 Å². The van der Waals surface area contributed by atoms with Crippen molar-refractivity contribution in [2.24, 2.45) is 0 Å². The van der Waals surface area contributed by atoms with Crippen LogP contribution in [0.2, 0.25) is 0 Å². The lowest BCUT2D eigenvalue weighted by molar-refractivity contribution is -0.384. The Morgan fingerprint density at radius 3 is 2.72 bits per heavy atom. The van der Waals surface area contributed by atoms with E-state index in [0.29, 0.717) is 34.0 Å². The first-order valence-corrected chi connectivity index (χ1v) is 8.27. The summed E-state index contributed by atoms with van der Waals surface area (Å²) in [5.74, 6) is 0. The van der Waals surface area contributed by atoms with Gasteiger partial charge in [-0.05, 0) is 30.2 Å². The van der Waals surface area contributed by atoms with Crippen LogP contribution in [0.3, 0.4) is 0 Å². The molecule has 1 aromatic heterocycles. The van der Waals surface area contributed by atoms with Gasteiger partial charge in [-0.1, -0.05) is 23.5 Å². The van der Waals surface area contributed by atoms with E-state index in [0.717, 1.165) is 5.56 Å². The highest BCUT2D eigenvalue weighted by molar-refractivity contribution is 7.22. The molecule has 2 amide bonds. The third-order valence-electron chi connectivity index (χ3n) is 3.48. The number of hydrogen-bond acceptors (Lipinski definition) is 6. The predicted molar refractivity (Wildman–Crippen MR) is 97.9 cm³/mol. The number of nitrogen functional groups attached to an aromatic ring is 1. The molecule has 1 heterocycles. The summed E-state index contributed by atoms with van der Waals surface area (Å²) in [7, 11) is 0. The normalized spacial score (nSPS) is 10.6. The van der Waals surface area contributed by atoms with E-state index in [2.05, 4.69) is 15.6 Å². The highest BCUT2D eigenvalue weighted by atomic mass is 32.1. The Kier molecular flexibility index (Phi) is 4.75. The van der Waals surface area contributed by atoms with Crippen LogP contribution in [0.4, 0.5) is 21.3 Å². The standard InChI is InChI=1S/C16H15N5O3S/c17-11-3-1-10(2-4-11)7-8-18-15(22)20-16-19-13-6-5-12(21(23)24)9-14(13)25-16/h1-6,9H,7-8,17H2,(H2,18,19,20,22). The molecule has 0 radical (unpaired) electrons. The minimum Gasteiger partial charge on any atom is -0.399 e. The van der Waals surface area contributed by atoms with Crippen LogP contribution in [-0.2, 0) is 6.42 Å². The van der Waals surface area contributed by atoms with Gasteiger partial charge in [-0.2, -0.15) is 0 Å². The fourth-order valence-corrected chi connectivity index (χ4v) is 3.12. The van der Waals surface area contributed by atoms with E-state index in [1.165, 1.54) is 23.5 Å². The molecule has 3 aromatic rings. The summed E-state index contributed by atoms with van der Waals surface area (Å²) in [6.07, 6.45) is 0.680. The lowest BCUT2D eigenvalue weighted by Crippen LogP contribution is -2.30. The van der Waals surface area contributed by atoms with Crippen LogP contribution in [0.5, 0.6) is 0 Å². The second-order valence-electron chi connectivity index (χ2n) is 5.30. The van der Waals surface area contributed by atoms with Crippen molar-refractivity contribution in [3.63, 3.8) is 0 Å². The van der Waals surface area contributed by atoms with Crippen molar-refractivity contribution in [2.45, 2.75) is 6.42 Å². The number of nitrogens with zero attached hydrogens (tertiary/aromatic N) is 2. The first-order chi connectivity index (χ1) is 12.0. The Morgan fingerprint density at radius 1 is 1.24 bits per heavy atom. The third-order valence-corrected chi connectivity index (χ3v) is 4.42. The van der Waals surface area contributed by atoms with E-state index in [1.54, 1.807) is 6.07 Å². The highest BCUT2D eigenvalue weighted by Gasteiger charge is 2.11. The first kappa shape index (κ1) is 16.7. The summed E-state index contributed by atoms with van der Waals surface area (Å²) in [5, 5.41) is 16.6. The number of fused-ring (bicyclic) bond motifs is 1. The van der Waals surface area contributed by atoms with Crippen LogP contribution in [0.25, 0.3) is 10.2 Å². The molecule has 4 N–H and O–H groups in total. The SMILES string of the molecule is Nc1ccc(CCNC(=O)Nc2nc3ccc([N+](=O)[O-])cc3s2)cc1. The van der Waals surface area contributed by atoms with E-state index in [-0.39, 0.29) is 11.7 Å². The number of nitrogens with two attached hydrogens (primary N) is 1. The zero-order valence-electron chi connectivity index (χ0n) is 13.1. The van der Waals surface area contributed by atoms with Crippen molar-refractivity contribution in [3.05, 3.63) is 58.1 Å². The van der Waals surface area contributed by atoms with Crippen molar-refractivity contribution >= 4 is 44.1 Å². The number of carbonyl (C=O) groups excluding carboxylic acids is 1. The molecule has 3 rings (SSSR count). The average Bonchev–Trinajstić information content (AvgIpc) is 2.97. The lowest BCUT2D eigenvalue weighted by Gasteiger charge is -2.05. The maximum Gasteiger partial charge on any atom is 0.321 e. The number of nitrogens with one attached hydrogen (secondary N) is 2. The largest absolute Gasteiger partial charge is 0.399 e. The Balaban J connectivity index is 1.56. The summed E-state index contributed by atoms with van der Waals surface area (Å²) >= 11 is 1.19. The van der Waals surface area contributed by atoms with Crippen LogP contribution in [0.15, 0.2) is 42.5 Å². The van der Waals surface area contributed by atoms with Crippen molar-refractivity contribution in [1.29, 1.82) is 0 Å². The molecule has 9 heteroatoms. The van der Waals surface area contributed by atoms with Crippen molar-refractivity contribution in [2.75, 3.05) is 17.6 Å². The Bertz CT molecular complexity index is 923. The van der Waals surface area contributed by atoms with Crippen molar-refractivity contribution in [3.8, 4) is 0 Å². The molecular formula is C16H15N5O3S. The molecule has 0 saturated carbocycles. The number of hydrogen-bond donors (Lipinski definition) is 3. The number of amides is 2. The zero-order chi connectivity index (χ0) is 17.8. The number of carbonyl (C=O) groups is 1. The number of urea groups is 1. The zero-order valence-corrected chi connectivity index (χ0v) is 13.9. The van der Waals surface area contributed by atoms with Crippen LogP contribution in [-0.4, -0.2) is 22.5 Å². The molecule has 2 aromatic carbocycles. The quantitative estimate of drug-likeness (QED) is 0.368. The molecule has 0 atom stereocenters. The van der Waals surface area contributed by atoms with Crippen LogP contribution in [0.1, 0.15) is 5.56 Å². The van der Waals surface area contributed by atoms with Gasteiger partial charge < -0.3 is 11.1 Å². The van der Waals surface area contributed by atoms with Gasteiger partial charge in [-0.15, -0.1) is 0 Å². The topological polar surface area (TPSA) is 123 Å². The molecule has 0 bridgehead atoms. The lowest BCUT2D eigenvalue weighted by atomic mass is 10.1. The Hall–Kier alpha value is -3.20. The number of anilines is 2. The number of nitro groups is 1. The molecule has 0 saturated heterocycles. The van der Waals surface area contributed by atoms with E-state index in [9.17, 15) is 14.9 Å². The summed E-state index contributed by atoms with van der Waals surface area (Å²) in [6.45, 7) is 0.464. The summed E-state index contributed by atoms with van der Waals surface area (Å²) in [5.41, 5.74) is 8.00. The molecule has 0 fully saturated rings. The number of benzene rings is 2. The molecule has 25 heavy (non-hydrogen) atoms. The van der Waals surface area contributed by atoms with Gasteiger partial charge >= 0.3 is 6.03 Å². The van der Waals surface area contributed by atoms with Crippen molar-refractivity contribution < 1.29 is 9.72 Å². The second-order valence-corrected chi connectivity index (χ2v) is 6.33. The Labute approximate surface area is 146 Å². The first-order valence-electron chi connectivity index (χ1n) is 7.45. The fourth-order valence-electron chi connectivity index (χ4n) is 2.23. The summed E-state index contributed by atoms with van der Waals surface area (Å²) in [4.78, 5) is 26.5. The second kappa shape index (κ2) is 7.14. The Morgan fingerprint density at radius 2 is 2.00 bits per heavy atom. The fraction of sp³-hybridized carbons (Fsp3) is 0.125. The van der Waals surface area contributed by atoms with Gasteiger partial charge in [0.2, 0.25) is 0 Å². The molecule has 0 unspecified atom stereocenters. The highest BCUT2D eigenvalue weighted by Crippen LogP contribution is 2.28. The molecule has 0 aliphatic carbocycles. The number of nitro benzene ring substituents is 1. The van der Waals surface area contributed by atoms with Gasteiger partial charge in [0.25, 0.3) is 5.69 Å². The maximum absolute atomic E-state index is 11.9. The van der Waals surface area contributed by atoms with Gasteiger partial charge in [0.05, 0.1) is 15.1 Å². The van der Waals surface area contributed by atoms with Gasteiger partial charge in [-0.3, -0.25) is 15.4 Å². The molecular weight excluding hydrogens is 342 g/mol. The van der Waals surface area contributed by atoms with Crippen LogP contribution < -0.4 is 16.4 Å². The number of aromatic nitrogens is 1. The van der Waals surface area contributed by atoms with Gasteiger partial charge in [-0.25, -0.2) is 9.78 Å². The number of non-ortho nitro benzene ring substituents is 1. The molecule has 0 aliphatic heterocycles. The van der Waals surface area contributed by atoms with E-state index in [1.807, 2.05) is 24.3 Å². The summed E-state index contributed by atoms with van der Waals surface area (Å²) in [6, 6.07) is 11.5. The van der Waals surface area contributed by atoms with E-state index < -0.39 is 4.92 Å². The monoisotopic (exact) mass is 357 g/mol. The number of rotatable bonds is 5. The molecule has 128 valence electrons. The van der Waals surface area contributed by atoms with Gasteiger partial charge in [0.1, 0.15) is 0 Å². The van der Waals surface area contributed by atoms with Crippen molar-refractivity contribution in [1.82, 2.24) is 10.3 Å². The molecule has 8 nitrogen and oxygen atoms in total. The van der Waals surface area contributed by atoms with Crippen LogP contribution in [0, 0.1) is 10.1 Å². The smallest absolute Gasteiger partial charge is 0.321 e. The molecule has 0 spiro atoms. The van der Waals surface area contributed by atoms with Gasteiger partial charge in [0, 0.05) is 24.4 Å². The van der Waals surface area contributed by atoms with Gasteiger partial charge in [0.15, 0.2) is 5.13 Å². The van der Waals surface area contributed by atoms with E-state index >= 15 is 0 Å². The predicted octanol–water partition coefficient (Wildman–Crippen LogP) is 3.15. The third kappa shape index (κ3) is 4.21. The summed E-state index contributed by atoms with van der Waals surface area (Å²) < 4.78 is 0.645. The minimum atomic E-state index is -0.462.